The summed E-state index contributed by atoms with van der Waals surface area (Å²) >= 11 is 7.83. The molecule has 0 unspecified atom stereocenters. The lowest BCUT2D eigenvalue weighted by molar-refractivity contribution is 0.779. The zero-order chi connectivity index (χ0) is 15.8. The third-order valence-electron chi connectivity index (χ3n) is 4.31. The zero-order valence-corrected chi connectivity index (χ0v) is 14.5. The maximum absolute atomic E-state index is 6.12. The monoisotopic (exact) mass is 343 g/mol. The molecule has 5 heteroatoms. The molecular weight excluding hydrogens is 326 g/mol. The Morgan fingerprint density at radius 2 is 2.17 bits per heavy atom. The molecule has 23 heavy (non-hydrogen) atoms. The molecule has 2 aromatic heterocycles. The molecule has 1 aliphatic heterocycles. The summed E-state index contributed by atoms with van der Waals surface area (Å²) in [5, 5.41) is 13.6. The van der Waals surface area contributed by atoms with Gasteiger partial charge in [-0.15, -0.1) is 0 Å². The van der Waals surface area contributed by atoms with Crippen molar-refractivity contribution in [2.45, 2.75) is 26.2 Å². The van der Waals surface area contributed by atoms with Crippen LogP contribution in [0.1, 0.15) is 24.0 Å². The number of halogens is 1. The van der Waals surface area contributed by atoms with Crippen molar-refractivity contribution in [1.82, 2.24) is 9.78 Å². The van der Waals surface area contributed by atoms with Crippen LogP contribution < -0.4 is 5.32 Å². The molecule has 0 fully saturated rings. The van der Waals surface area contributed by atoms with E-state index in [1.54, 1.807) is 11.3 Å². The fraction of sp³-hybridized carbons (Fsp3) is 0.278. The van der Waals surface area contributed by atoms with Gasteiger partial charge in [-0.1, -0.05) is 11.6 Å². The molecular formula is C18H18ClN3S. The number of rotatable bonds is 2. The summed E-state index contributed by atoms with van der Waals surface area (Å²) in [5.41, 5.74) is 5.85. The quantitative estimate of drug-likeness (QED) is 0.683. The van der Waals surface area contributed by atoms with Crippen LogP contribution in [0.4, 0.5) is 5.82 Å². The van der Waals surface area contributed by atoms with Crippen LogP contribution in [0.25, 0.3) is 16.9 Å². The summed E-state index contributed by atoms with van der Waals surface area (Å²) in [6.45, 7) is 3.07. The summed E-state index contributed by atoms with van der Waals surface area (Å²) in [5.74, 6) is 1.13. The predicted molar refractivity (Wildman–Crippen MR) is 98.1 cm³/mol. The van der Waals surface area contributed by atoms with Crippen molar-refractivity contribution in [1.29, 1.82) is 0 Å². The molecule has 1 N–H and O–H groups in total. The minimum absolute atomic E-state index is 0.760. The van der Waals surface area contributed by atoms with Gasteiger partial charge in [0.1, 0.15) is 5.82 Å². The topological polar surface area (TPSA) is 29.9 Å². The van der Waals surface area contributed by atoms with Gasteiger partial charge in [-0.25, -0.2) is 4.68 Å². The van der Waals surface area contributed by atoms with E-state index in [-0.39, 0.29) is 0 Å². The molecule has 0 amide bonds. The molecule has 118 valence electrons. The number of fused-ring (bicyclic) bond motifs is 1. The first-order valence-corrected chi connectivity index (χ1v) is 9.21. The van der Waals surface area contributed by atoms with E-state index in [4.69, 9.17) is 16.7 Å². The van der Waals surface area contributed by atoms with Crippen LogP contribution >= 0.6 is 22.9 Å². The molecule has 0 bridgehead atoms. The fourth-order valence-corrected chi connectivity index (χ4v) is 4.03. The Bertz CT molecular complexity index is 836. The highest BCUT2D eigenvalue weighted by molar-refractivity contribution is 7.08. The molecule has 0 atom stereocenters. The van der Waals surface area contributed by atoms with Gasteiger partial charge in [-0.3, -0.25) is 0 Å². The van der Waals surface area contributed by atoms with Crippen LogP contribution in [0, 0.1) is 6.92 Å². The maximum atomic E-state index is 6.12. The lowest BCUT2D eigenvalue weighted by Crippen LogP contribution is -2.08. The van der Waals surface area contributed by atoms with Gasteiger partial charge in [-0.05, 0) is 61.4 Å². The van der Waals surface area contributed by atoms with Gasteiger partial charge in [0.05, 0.1) is 11.4 Å². The van der Waals surface area contributed by atoms with Crippen molar-refractivity contribution < 1.29 is 0 Å². The molecule has 3 nitrogen and oxygen atoms in total. The average molecular weight is 344 g/mol. The first-order valence-electron chi connectivity index (χ1n) is 7.89. The maximum Gasteiger partial charge on any atom is 0.133 e. The number of anilines is 1. The summed E-state index contributed by atoms with van der Waals surface area (Å²) in [7, 11) is 0. The van der Waals surface area contributed by atoms with E-state index >= 15 is 0 Å². The SMILES string of the molecule is Cc1cc(Cl)ccc1-n1nc(-c2ccsc2)c2c1NCCCC2. The third-order valence-corrected chi connectivity index (χ3v) is 5.23. The zero-order valence-electron chi connectivity index (χ0n) is 13.0. The largest absolute Gasteiger partial charge is 0.370 e. The number of benzene rings is 1. The Kier molecular flexibility index (Phi) is 3.87. The van der Waals surface area contributed by atoms with Gasteiger partial charge in [0, 0.05) is 28.1 Å². The van der Waals surface area contributed by atoms with Crippen molar-refractivity contribution in [3.05, 3.63) is 51.2 Å². The van der Waals surface area contributed by atoms with E-state index < -0.39 is 0 Å². The lowest BCUT2D eigenvalue weighted by atomic mass is 10.1. The minimum atomic E-state index is 0.760. The Balaban J connectivity index is 1.93. The van der Waals surface area contributed by atoms with Crippen LogP contribution in [0.3, 0.4) is 0 Å². The second kappa shape index (κ2) is 6.02. The first kappa shape index (κ1) is 14.8. The lowest BCUT2D eigenvalue weighted by Gasteiger charge is -2.11. The number of aryl methyl sites for hydroxylation is 1. The number of hydrogen-bond acceptors (Lipinski definition) is 3. The molecule has 0 saturated heterocycles. The van der Waals surface area contributed by atoms with E-state index in [9.17, 15) is 0 Å². The summed E-state index contributed by atoms with van der Waals surface area (Å²) in [6, 6.07) is 8.12. The van der Waals surface area contributed by atoms with E-state index in [1.807, 2.05) is 12.1 Å². The summed E-state index contributed by atoms with van der Waals surface area (Å²) < 4.78 is 2.05. The predicted octanol–water partition coefficient (Wildman–Crippen LogP) is 5.31. The van der Waals surface area contributed by atoms with Crippen molar-refractivity contribution in [3.8, 4) is 16.9 Å². The molecule has 1 aliphatic rings. The molecule has 3 aromatic rings. The molecule has 1 aromatic carbocycles. The van der Waals surface area contributed by atoms with E-state index in [1.165, 1.54) is 24.0 Å². The van der Waals surface area contributed by atoms with Crippen LogP contribution in [0.5, 0.6) is 0 Å². The number of thiophene rings is 1. The Labute approximate surface area is 144 Å². The van der Waals surface area contributed by atoms with E-state index in [0.29, 0.717) is 0 Å². The smallest absolute Gasteiger partial charge is 0.133 e. The Morgan fingerprint density at radius 3 is 2.96 bits per heavy atom. The van der Waals surface area contributed by atoms with Crippen molar-refractivity contribution in [2.75, 3.05) is 11.9 Å². The standard InChI is InChI=1S/C18H18ClN3S/c1-12-10-14(19)5-6-16(12)22-18-15(4-2-3-8-20-18)17(21-22)13-7-9-23-11-13/h5-7,9-11,20H,2-4,8H2,1H3. The summed E-state index contributed by atoms with van der Waals surface area (Å²) in [4.78, 5) is 0. The van der Waals surface area contributed by atoms with Crippen LogP contribution in [0.15, 0.2) is 35.0 Å². The first-order chi connectivity index (χ1) is 11.2. The van der Waals surface area contributed by atoms with Gasteiger partial charge >= 0.3 is 0 Å². The molecule has 3 heterocycles. The van der Waals surface area contributed by atoms with Crippen LogP contribution in [0.2, 0.25) is 5.02 Å². The van der Waals surface area contributed by atoms with Crippen LogP contribution in [-0.2, 0) is 6.42 Å². The van der Waals surface area contributed by atoms with Gasteiger partial charge in [-0.2, -0.15) is 16.4 Å². The van der Waals surface area contributed by atoms with E-state index in [2.05, 4.69) is 39.8 Å². The minimum Gasteiger partial charge on any atom is -0.370 e. The number of aromatic nitrogens is 2. The molecule has 0 saturated carbocycles. The van der Waals surface area contributed by atoms with Crippen molar-refractivity contribution in [3.63, 3.8) is 0 Å². The number of nitrogens with zero attached hydrogens (tertiary/aromatic N) is 2. The van der Waals surface area contributed by atoms with Crippen LogP contribution in [-0.4, -0.2) is 16.3 Å². The second-order valence-corrected chi connectivity index (χ2v) is 7.13. The van der Waals surface area contributed by atoms with Gasteiger partial charge in [0.25, 0.3) is 0 Å². The Morgan fingerprint density at radius 1 is 1.26 bits per heavy atom. The fourth-order valence-electron chi connectivity index (χ4n) is 3.16. The number of hydrogen-bond donors (Lipinski definition) is 1. The number of nitrogens with one attached hydrogen (secondary N) is 1. The molecule has 0 spiro atoms. The highest BCUT2D eigenvalue weighted by Gasteiger charge is 2.22. The highest BCUT2D eigenvalue weighted by Crippen LogP contribution is 2.35. The van der Waals surface area contributed by atoms with Crippen molar-refractivity contribution in [2.24, 2.45) is 0 Å². The van der Waals surface area contributed by atoms with E-state index in [0.717, 1.165) is 40.8 Å². The van der Waals surface area contributed by atoms with Crippen molar-refractivity contribution >= 4 is 28.8 Å². The van der Waals surface area contributed by atoms with Gasteiger partial charge < -0.3 is 5.32 Å². The van der Waals surface area contributed by atoms with Gasteiger partial charge in [0.2, 0.25) is 0 Å². The molecule has 0 aliphatic carbocycles. The Hall–Kier alpha value is -1.78. The second-order valence-electron chi connectivity index (χ2n) is 5.91. The third kappa shape index (κ3) is 2.66. The molecule has 0 radical (unpaired) electrons. The average Bonchev–Trinajstić information content (AvgIpc) is 3.10. The summed E-state index contributed by atoms with van der Waals surface area (Å²) in [6.07, 6.45) is 3.46. The molecule has 4 rings (SSSR count). The highest BCUT2D eigenvalue weighted by atomic mass is 35.5. The van der Waals surface area contributed by atoms with Gasteiger partial charge in [0.15, 0.2) is 0 Å². The normalized spacial score (nSPS) is 14.2.